The Kier molecular flexibility index (Phi) is 3.69. The Hall–Kier alpha value is -1.28. The molecule has 2 nitrogen and oxygen atoms in total. The van der Waals surface area contributed by atoms with Gasteiger partial charge < -0.3 is 12.4 Å². The van der Waals surface area contributed by atoms with Gasteiger partial charge >= 0.3 is 11.9 Å². The van der Waals surface area contributed by atoms with Crippen LogP contribution in [0.3, 0.4) is 0 Å². The number of alkyl halides is 3. The van der Waals surface area contributed by atoms with Crippen LogP contribution in [0.4, 0.5) is 18.9 Å². The van der Waals surface area contributed by atoms with Crippen molar-refractivity contribution in [2.45, 2.75) is 6.18 Å². The second-order valence-corrected chi connectivity index (χ2v) is 2.11. The highest BCUT2D eigenvalue weighted by Crippen LogP contribution is 2.35. The number of halogens is 4. The maximum Gasteiger partial charge on any atom is 0.424 e. The summed E-state index contributed by atoms with van der Waals surface area (Å²) in [5.74, 6) is 0. The molecule has 1 aromatic rings. The number of rotatable bonds is 0. The van der Waals surface area contributed by atoms with Crippen LogP contribution in [-0.2, 0) is 6.18 Å². The van der Waals surface area contributed by atoms with Gasteiger partial charge in [0.25, 0.3) is 0 Å². The smallest absolute Gasteiger partial charge is 0.424 e. The highest BCUT2D eigenvalue weighted by molar-refractivity contribution is 5.52. The molecule has 6 heteroatoms. The average molecular weight is 209 g/mol. The van der Waals surface area contributed by atoms with Crippen molar-refractivity contribution in [1.82, 2.24) is 0 Å². The van der Waals surface area contributed by atoms with Gasteiger partial charge in [-0.25, -0.2) is 0 Å². The van der Waals surface area contributed by atoms with Crippen LogP contribution in [0.5, 0.6) is 0 Å². The van der Waals surface area contributed by atoms with Gasteiger partial charge in [-0.3, -0.25) is 0 Å². The number of diazo groups is 1. The zero-order chi connectivity index (χ0) is 9.19. The van der Waals surface area contributed by atoms with E-state index in [2.05, 4.69) is 4.98 Å². The molecule has 13 heavy (non-hydrogen) atoms. The van der Waals surface area contributed by atoms with Crippen molar-refractivity contribution in [3.8, 4) is 0 Å². The van der Waals surface area contributed by atoms with Gasteiger partial charge in [0.2, 0.25) is 5.39 Å². The number of hydrogen-bond acceptors (Lipinski definition) is 1. The van der Waals surface area contributed by atoms with E-state index in [0.29, 0.717) is 0 Å². The van der Waals surface area contributed by atoms with Crippen molar-refractivity contribution in [2.75, 3.05) is 0 Å². The Bertz CT molecular complexity index is 329. The van der Waals surface area contributed by atoms with E-state index in [0.717, 1.165) is 12.1 Å². The van der Waals surface area contributed by atoms with Crippen LogP contribution in [0.15, 0.2) is 24.3 Å². The molecule has 0 unspecified atom stereocenters. The summed E-state index contributed by atoms with van der Waals surface area (Å²) in [6.45, 7) is 0. The summed E-state index contributed by atoms with van der Waals surface area (Å²) in [4.78, 5) is 2.52. The van der Waals surface area contributed by atoms with E-state index in [1.807, 2.05) is 0 Å². The second-order valence-electron chi connectivity index (χ2n) is 2.11. The van der Waals surface area contributed by atoms with E-state index in [9.17, 15) is 13.2 Å². The van der Waals surface area contributed by atoms with E-state index >= 15 is 0 Å². The second kappa shape index (κ2) is 4.10. The van der Waals surface area contributed by atoms with Crippen molar-refractivity contribution in [2.24, 2.45) is 0 Å². The maximum atomic E-state index is 12.1. The molecule has 1 aromatic carbocycles. The highest BCUT2D eigenvalue weighted by Gasteiger charge is 2.38. The first-order chi connectivity index (χ1) is 5.55. The Balaban J connectivity index is 0.00000144. The van der Waals surface area contributed by atoms with E-state index in [-0.39, 0.29) is 12.4 Å². The van der Waals surface area contributed by atoms with Crippen LogP contribution in [0, 0.1) is 5.39 Å². The Morgan fingerprint density at radius 2 is 1.69 bits per heavy atom. The monoisotopic (exact) mass is 208 g/mol. The summed E-state index contributed by atoms with van der Waals surface area (Å²) < 4.78 is 36.2. The van der Waals surface area contributed by atoms with Gasteiger partial charge in [0.15, 0.2) is 10.5 Å². The zero-order valence-electron chi connectivity index (χ0n) is 6.22. The van der Waals surface area contributed by atoms with Gasteiger partial charge in [-0.05, 0) is 6.07 Å². The number of benzene rings is 1. The van der Waals surface area contributed by atoms with Gasteiger partial charge in [0.1, 0.15) is 0 Å². The van der Waals surface area contributed by atoms with E-state index in [1.54, 1.807) is 0 Å². The summed E-state index contributed by atoms with van der Waals surface area (Å²) in [7, 11) is 0. The standard InChI is InChI=1S/C7H4F3N2.ClH/c8-7(9,10)5-3-1-2-4-6(5)12-11;/h1-4H;1H/q+1;/p-1. The largest absolute Gasteiger partial charge is 1.00 e. The molecular weight excluding hydrogens is 205 g/mol. The van der Waals surface area contributed by atoms with Crippen molar-refractivity contribution in [1.29, 1.82) is 5.39 Å². The fraction of sp³-hybridized carbons (Fsp3) is 0.143. The lowest BCUT2D eigenvalue weighted by molar-refractivity contribution is -0.136. The third kappa shape index (κ3) is 2.60. The number of nitrogens with zero attached hydrogens (tertiary/aromatic N) is 2. The third-order valence-corrected chi connectivity index (χ3v) is 1.32. The average Bonchev–Trinajstić information content (AvgIpc) is 2.03. The summed E-state index contributed by atoms with van der Waals surface area (Å²) in [5, 5.41) is 8.21. The van der Waals surface area contributed by atoms with Gasteiger partial charge in [0, 0.05) is 6.07 Å². The lowest BCUT2D eigenvalue weighted by Crippen LogP contribution is -3.00. The van der Waals surface area contributed by atoms with Crippen molar-refractivity contribution >= 4 is 5.69 Å². The SMILES string of the molecule is N#[N+]c1ccccc1C(F)(F)F.[Cl-]. The molecule has 0 aliphatic carbocycles. The van der Waals surface area contributed by atoms with Crippen LogP contribution in [-0.4, -0.2) is 0 Å². The van der Waals surface area contributed by atoms with Crippen molar-refractivity contribution in [3.63, 3.8) is 0 Å². The van der Waals surface area contributed by atoms with Gasteiger partial charge in [-0.1, -0.05) is 12.1 Å². The quantitative estimate of drug-likeness (QED) is 0.560. The molecule has 0 spiro atoms. The third-order valence-electron chi connectivity index (χ3n) is 1.32. The van der Waals surface area contributed by atoms with Crippen LogP contribution >= 0.6 is 0 Å². The number of hydrogen-bond donors (Lipinski definition) is 0. The minimum atomic E-state index is -4.47. The Morgan fingerprint density at radius 1 is 1.15 bits per heavy atom. The predicted molar refractivity (Wildman–Crippen MR) is 36.2 cm³/mol. The molecule has 0 aromatic heterocycles. The lowest BCUT2D eigenvalue weighted by atomic mass is 10.2. The first kappa shape index (κ1) is 11.7. The molecule has 0 heterocycles. The molecule has 0 aliphatic rings. The molecule has 70 valence electrons. The molecule has 0 radical (unpaired) electrons. The highest BCUT2D eigenvalue weighted by atomic mass is 35.5. The predicted octanol–water partition coefficient (Wildman–Crippen LogP) is 0.194. The zero-order valence-corrected chi connectivity index (χ0v) is 6.97. The van der Waals surface area contributed by atoms with Crippen molar-refractivity contribution < 1.29 is 25.6 Å². The van der Waals surface area contributed by atoms with E-state index in [4.69, 9.17) is 5.39 Å². The first-order valence-electron chi connectivity index (χ1n) is 3.07. The molecule has 0 bridgehead atoms. The van der Waals surface area contributed by atoms with Crippen molar-refractivity contribution in [3.05, 3.63) is 34.8 Å². The lowest BCUT2D eigenvalue weighted by Gasteiger charge is -2.01. The van der Waals surface area contributed by atoms with Gasteiger partial charge in [0.05, 0.1) is 0 Å². The van der Waals surface area contributed by atoms with E-state index in [1.165, 1.54) is 12.1 Å². The summed E-state index contributed by atoms with van der Waals surface area (Å²) in [6.07, 6.45) is -4.47. The molecule has 0 N–H and O–H groups in total. The maximum absolute atomic E-state index is 12.1. The fourth-order valence-corrected chi connectivity index (χ4v) is 0.801. The minimum absolute atomic E-state index is 0. The molecule has 0 amide bonds. The first-order valence-corrected chi connectivity index (χ1v) is 3.07. The molecule has 0 atom stereocenters. The van der Waals surface area contributed by atoms with Crippen LogP contribution in [0.2, 0.25) is 0 Å². The van der Waals surface area contributed by atoms with E-state index < -0.39 is 17.4 Å². The Labute approximate surface area is 78.4 Å². The molecule has 0 fully saturated rings. The molecule has 1 rings (SSSR count). The minimum Gasteiger partial charge on any atom is -1.00 e. The summed E-state index contributed by atoms with van der Waals surface area (Å²) in [5.41, 5.74) is -1.41. The topological polar surface area (TPSA) is 28.1 Å². The molecule has 0 aliphatic heterocycles. The van der Waals surface area contributed by atoms with Gasteiger partial charge in [-0.2, -0.15) is 13.2 Å². The van der Waals surface area contributed by atoms with Crippen LogP contribution in [0.25, 0.3) is 4.98 Å². The van der Waals surface area contributed by atoms with Crippen LogP contribution < -0.4 is 12.4 Å². The molecule has 0 saturated carbocycles. The molecular formula is C7H4ClF3N2. The molecule has 0 saturated heterocycles. The van der Waals surface area contributed by atoms with Gasteiger partial charge in [-0.15, -0.1) is 0 Å². The summed E-state index contributed by atoms with van der Waals surface area (Å²) in [6, 6.07) is 4.54. The van der Waals surface area contributed by atoms with Crippen LogP contribution in [0.1, 0.15) is 5.56 Å². The fourth-order valence-electron chi connectivity index (χ4n) is 0.801. The normalized spacial score (nSPS) is 10.0. The summed E-state index contributed by atoms with van der Waals surface area (Å²) >= 11 is 0. The Morgan fingerprint density at radius 3 is 2.08 bits per heavy atom.